The molecule has 1 rings (SSSR count). The Morgan fingerprint density at radius 1 is 1.50 bits per heavy atom. The smallest absolute Gasteiger partial charge is 0.141 e. The third-order valence-electron chi connectivity index (χ3n) is 1.09. The van der Waals surface area contributed by atoms with Crippen molar-refractivity contribution in [3.63, 3.8) is 0 Å². The number of hydrogen-bond donors (Lipinski definition) is 0. The molecule has 52 valence electrons. The minimum atomic E-state index is -0.298. The Hall–Kier alpha value is -1.18. The van der Waals surface area contributed by atoms with E-state index in [2.05, 4.69) is 4.98 Å². The number of aromatic nitrogens is 1. The molecule has 0 N–H and O–H groups in total. The topological polar surface area (TPSA) is 12.9 Å². The molecule has 1 nitrogen and oxygen atoms in total. The van der Waals surface area contributed by atoms with E-state index in [0.29, 0.717) is 0 Å². The number of halogens is 1. The van der Waals surface area contributed by atoms with Crippen molar-refractivity contribution in [2.24, 2.45) is 0 Å². The number of hydrogen-bond acceptors (Lipinski definition) is 1. The van der Waals surface area contributed by atoms with Gasteiger partial charge in [-0.15, -0.1) is 0 Å². The molecule has 0 aliphatic rings. The molecule has 10 heavy (non-hydrogen) atoms. The Bertz CT molecular complexity index is 226. The second-order valence-electron chi connectivity index (χ2n) is 1.90. The van der Waals surface area contributed by atoms with Gasteiger partial charge in [0.1, 0.15) is 5.82 Å². The maximum atomic E-state index is 12.2. The minimum absolute atomic E-state index is 0.298. The van der Waals surface area contributed by atoms with Crippen LogP contribution in [0.4, 0.5) is 4.39 Å². The van der Waals surface area contributed by atoms with Gasteiger partial charge in [0.2, 0.25) is 0 Å². The van der Waals surface area contributed by atoms with Crippen molar-refractivity contribution >= 4 is 6.08 Å². The Balaban J connectivity index is 2.89. The van der Waals surface area contributed by atoms with E-state index in [9.17, 15) is 4.39 Å². The molecule has 0 spiro atoms. The predicted molar refractivity (Wildman–Crippen MR) is 38.9 cm³/mol. The number of nitrogens with zero attached hydrogens (tertiary/aromatic N) is 1. The van der Waals surface area contributed by atoms with Crippen LogP contribution in [0.1, 0.15) is 12.6 Å². The molecule has 0 saturated carbocycles. The summed E-state index contributed by atoms with van der Waals surface area (Å²) in [6.45, 7) is 1.89. The van der Waals surface area contributed by atoms with Crippen molar-refractivity contribution in [1.29, 1.82) is 0 Å². The molecule has 0 bridgehead atoms. The zero-order valence-corrected chi connectivity index (χ0v) is 5.71. The number of allylic oxidation sites excluding steroid dienone is 1. The first-order valence-corrected chi connectivity index (χ1v) is 3.07. The summed E-state index contributed by atoms with van der Waals surface area (Å²) in [5.41, 5.74) is 0.781. The quantitative estimate of drug-likeness (QED) is 0.578. The average Bonchev–Trinajstić information content (AvgIpc) is 1.95. The van der Waals surface area contributed by atoms with Crippen molar-refractivity contribution in [1.82, 2.24) is 4.98 Å². The third kappa shape index (κ3) is 1.65. The number of rotatable bonds is 1. The molecule has 0 atom stereocenters. The van der Waals surface area contributed by atoms with Gasteiger partial charge < -0.3 is 0 Å². The summed E-state index contributed by atoms with van der Waals surface area (Å²) in [5, 5.41) is 0. The summed E-state index contributed by atoms with van der Waals surface area (Å²) in [6, 6.07) is 3.03. The second kappa shape index (κ2) is 3.11. The van der Waals surface area contributed by atoms with Crippen molar-refractivity contribution in [2.75, 3.05) is 0 Å². The fraction of sp³-hybridized carbons (Fsp3) is 0.125. The fourth-order valence-electron chi connectivity index (χ4n) is 0.657. The van der Waals surface area contributed by atoms with Gasteiger partial charge in [0.15, 0.2) is 0 Å². The first-order valence-electron chi connectivity index (χ1n) is 3.07. The monoisotopic (exact) mass is 137 g/mol. The van der Waals surface area contributed by atoms with Crippen LogP contribution in [-0.4, -0.2) is 4.98 Å². The van der Waals surface area contributed by atoms with Crippen LogP contribution < -0.4 is 0 Å². The SMILES string of the molecule is C/C=C/c1ccc(F)cn1. The van der Waals surface area contributed by atoms with Crippen LogP contribution in [0.3, 0.4) is 0 Å². The van der Waals surface area contributed by atoms with Gasteiger partial charge in [0.05, 0.1) is 11.9 Å². The lowest BCUT2D eigenvalue weighted by molar-refractivity contribution is 0.621. The Labute approximate surface area is 59.2 Å². The van der Waals surface area contributed by atoms with Crippen molar-refractivity contribution in [2.45, 2.75) is 6.92 Å². The summed E-state index contributed by atoms with van der Waals surface area (Å²) in [6.07, 6.45) is 4.88. The van der Waals surface area contributed by atoms with E-state index >= 15 is 0 Å². The van der Waals surface area contributed by atoms with Gasteiger partial charge in [-0.3, -0.25) is 4.98 Å². The van der Waals surface area contributed by atoms with Crippen molar-refractivity contribution in [3.05, 3.63) is 35.9 Å². The summed E-state index contributed by atoms with van der Waals surface area (Å²) in [5.74, 6) is -0.298. The first kappa shape index (κ1) is 6.93. The zero-order chi connectivity index (χ0) is 7.40. The highest BCUT2D eigenvalue weighted by molar-refractivity contribution is 5.43. The molecule has 0 radical (unpaired) electrons. The summed E-state index contributed by atoms with van der Waals surface area (Å²) < 4.78 is 12.2. The lowest BCUT2D eigenvalue weighted by atomic mass is 10.3. The van der Waals surface area contributed by atoms with E-state index in [1.165, 1.54) is 12.3 Å². The van der Waals surface area contributed by atoms with Crippen LogP contribution >= 0.6 is 0 Å². The standard InChI is InChI=1S/C8H8FN/c1-2-3-8-5-4-7(9)6-10-8/h2-6H,1H3/b3-2+. The molecule has 0 saturated heterocycles. The fourth-order valence-corrected chi connectivity index (χ4v) is 0.657. The molecule has 1 heterocycles. The molecule has 0 unspecified atom stereocenters. The molecule has 0 aromatic carbocycles. The molecule has 0 aliphatic heterocycles. The van der Waals surface area contributed by atoms with Gasteiger partial charge in [-0.25, -0.2) is 4.39 Å². The van der Waals surface area contributed by atoms with Gasteiger partial charge >= 0.3 is 0 Å². The molecular formula is C8H8FN. The van der Waals surface area contributed by atoms with Gasteiger partial charge in [-0.2, -0.15) is 0 Å². The Morgan fingerprint density at radius 3 is 2.80 bits per heavy atom. The van der Waals surface area contributed by atoms with Crippen LogP contribution in [0.15, 0.2) is 24.4 Å². The molecule has 1 aromatic rings. The largest absolute Gasteiger partial charge is 0.254 e. The van der Waals surface area contributed by atoms with Gasteiger partial charge in [-0.1, -0.05) is 6.08 Å². The maximum Gasteiger partial charge on any atom is 0.141 e. The highest BCUT2D eigenvalue weighted by Gasteiger charge is 1.87. The van der Waals surface area contributed by atoms with Gasteiger partial charge in [0.25, 0.3) is 0 Å². The Morgan fingerprint density at radius 2 is 2.30 bits per heavy atom. The molecule has 0 fully saturated rings. The molecule has 2 heteroatoms. The third-order valence-corrected chi connectivity index (χ3v) is 1.09. The summed E-state index contributed by atoms with van der Waals surface area (Å²) in [4.78, 5) is 3.81. The second-order valence-corrected chi connectivity index (χ2v) is 1.90. The highest BCUT2D eigenvalue weighted by atomic mass is 19.1. The van der Waals surface area contributed by atoms with Gasteiger partial charge in [-0.05, 0) is 25.1 Å². The normalized spacial score (nSPS) is 10.6. The summed E-state index contributed by atoms with van der Waals surface area (Å²) >= 11 is 0. The molecule has 0 amide bonds. The lowest BCUT2D eigenvalue weighted by Crippen LogP contribution is -1.80. The van der Waals surface area contributed by atoms with Crippen LogP contribution in [0, 0.1) is 5.82 Å². The maximum absolute atomic E-state index is 12.2. The summed E-state index contributed by atoms with van der Waals surface area (Å²) in [7, 11) is 0. The Kier molecular flexibility index (Phi) is 2.15. The van der Waals surface area contributed by atoms with Crippen molar-refractivity contribution < 1.29 is 4.39 Å². The zero-order valence-electron chi connectivity index (χ0n) is 5.71. The van der Waals surface area contributed by atoms with E-state index in [1.807, 2.05) is 19.1 Å². The van der Waals surface area contributed by atoms with E-state index in [0.717, 1.165) is 5.69 Å². The van der Waals surface area contributed by atoms with Gasteiger partial charge in [0, 0.05) is 0 Å². The van der Waals surface area contributed by atoms with Crippen LogP contribution in [0.2, 0.25) is 0 Å². The van der Waals surface area contributed by atoms with Crippen LogP contribution in [0.5, 0.6) is 0 Å². The number of pyridine rings is 1. The lowest BCUT2D eigenvalue weighted by Gasteiger charge is -1.89. The average molecular weight is 137 g/mol. The highest BCUT2D eigenvalue weighted by Crippen LogP contribution is 1.99. The van der Waals surface area contributed by atoms with E-state index in [4.69, 9.17) is 0 Å². The molecule has 1 aromatic heterocycles. The molecular weight excluding hydrogens is 129 g/mol. The minimum Gasteiger partial charge on any atom is -0.254 e. The molecule has 0 aliphatic carbocycles. The van der Waals surface area contributed by atoms with E-state index < -0.39 is 0 Å². The van der Waals surface area contributed by atoms with Crippen LogP contribution in [0.25, 0.3) is 6.08 Å². The predicted octanol–water partition coefficient (Wildman–Crippen LogP) is 2.25. The van der Waals surface area contributed by atoms with E-state index in [-0.39, 0.29) is 5.82 Å². The first-order chi connectivity index (χ1) is 4.83. The van der Waals surface area contributed by atoms with Crippen molar-refractivity contribution in [3.8, 4) is 0 Å². The van der Waals surface area contributed by atoms with Crippen LogP contribution in [-0.2, 0) is 0 Å². The van der Waals surface area contributed by atoms with E-state index in [1.54, 1.807) is 6.07 Å².